The molecule has 0 aliphatic carbocycles. The fraction of sp³-hybridized carbons (Fsp3) is 0.500. The molecule has 3 N–H and O–H groups in total. The predicted molar refractivity (Wildman–Crippen MR) is 88.4 cm³/mol. The van der Waals surface area contributed by atoms with Crippen molar-refractivity contribution in [2.24, 2.45) is 10.9 Å². The van der Waals surface area contributed by atoms with Crippen LogP contribution < -0.4 is 16.0 Å². The van der Waals surface area contributed by atoms with Crippen LogP contribution in [-0.2, 0) is 4.79 Å². The molecular weight excluding hydrogens is 321 g/mol. The van der Waals surface area contributed by atoms with E-state index in [1.165, 1.54) is 0 Å². The van der Waals surface area contributed by atoms with E-state index in [0.29, 0.717) is 18.4 Å². The maximum absolute atomic E-state index is 13.5. The fourth-order valence-electron chi connectivity index (χ4n) is 1.67. The van der Waals surface area contributed by atoms with Crippen LogP contribution in [0, 0.1) is 23.4 Å². The lowest BCUT2D eigenvalue weighted by Gasteiger charge is -2.20. The summed E-state index contributed by atoms with van der Waals surface area (Å²) in [7, 11) is 0. The number of hydrogen-bond donors (Lipinski definition) is 3. The number of nitrogens with zero attached hydrogens (tertiary/aromatic N) is 1. The van der Waals surface area contributed by atoms with Gasteiger partial charge in [-0.2, -0.15) is 0 Å². The van der Waals surface area contributed by atoms with Crippen LogP contribution in [0.2, 0.25) is 0 Å². The molecule has 0 saturated heterocycles. The minimum Gasteiger partial charge on any atom is -0.357 e. The number of carbonyl (C=O) groups is 1. The summed E-state index contributed by atoms with van der Waals surface area (Å²) in [6.45, 7) is 8.26. The molecule has 1 amide bonds. The third kappa shape index (κ3) is 5.75. The lowest BCUT2D eigenvalue weighted by molar-refractivity contribution is -0.114. The number of carbonyl (C=O) groups excluding carboxylic acids is 1. The van der Waals surface area contributed by atoms with Crippen molar-refractivity contribution < 1.29 is 18.0 Å². The molecule has 0 heterocycles. The molecule has 1 unspecified atom stereocenters. The molecule has 0 fully saturated rings. The van der Waals surface area contributed by atoms with Gasteiger partial charge < -0.3 is 16.0 Å². The highest BCUT2D eigenvalue weighted by Gasteiger charge is 2.15. The normalized spacial score (nSPS) is 12.9. The van der Waals surface area contributed by atoms with Gasteiger partial charge in [-0.1, -0.05) is 13.8 Å². The minimum absolute atomic E-state index is 0.134. The Bertz CT molecular complexity index is 605. The Morgan fingerprint density at radius 3 is 2.42 bits per heavy atom. The SMILES string of the molecule is CCNC(=NCC(=O)Nc1ccc(F)c(F)c1F)NC(C)C(C)C. The lowest BCUT2D eigenvalue weighted by atomic mass is 10.1. The van der Waals surface area contributed by atoms with Crippen LogP contribution in [0.15, 0.2) is 17.1 Å². The molecule has 0 saturated carbocycles. The van der Waals surface area contributed by atoms with E-state index in [4.69, 9.17) is 0 Å². The van der Waals surface area contributed by atoms with Gasteiger partial charge in [-0.3, -0.25) is 4.79 Å². The highest BCUT2D eigenvalue weighted by Crippen LogP contribution is 2.19. The Kier molecular flexibility index (Phi) is 7.54. The molecule has 5 nitrogen and oxygen atoms in total. The highest BCUT2D eigenvalue weighted by molar-refractivity contribution is 5.94. The van der Waals surface area contributed by atoms with Gasteiger partial charge in [-0.05, 0) is 31.9 Å². The second-order valence-electron chi connectivity index (χ2n) is 5.64. The molecule has 0 spiro atoms. The molecule has 1 rings (SSSR count). The van der Waals surface area contributed by atoms with Crippen molar-refractivity contribution in [3.63, 3.8) is 0 Å². The van der Waals surface area contributed by atoms with Crippen molar-refractivity contribution in [2.75, 3.05) is 18.4 Å². The van der Waals surface area contributed by atoms with Crippen LogP contribution in [0.4, 0.5) is 18.9 Å². The molecular formula is C16H23F3N4O. The molecule has 1 atom stereocenters. The molecule has 0 radical (unpaired) electrons. The average Bonchev–Trinajstić information content (AvgIpc) is 2.53. The zero-order valence-corrected chi connectivity index (χ0v) is 14.2. The zero-order chi connectivity index (χ0) is 18.3. The van der Waals surface area contributed by atoms with Crippen LogP contribution in [0.25, 0.3) is 0 Å². The second kappa shape index (κ2) is 9.14. The van der Waals surface area contributed by atoms with Crippen LogP contribution in [0.5, 0.6) is 0 Å². The minimum atomic E-state index is -1.63. The molecule has 134 valence electrons. The zero-order valence-electron chi connectivity index (χ0n) is 14.2. The van der Waals surface area contributed by atoms with Crippen molar-refractivity contribution in [3.05, 3.63) is 29.6 Å². The molecule has 0 aliphatic rings. The van der Waals surface area contributed by atoms with Crippen LogP contribution in [-0.4, -0.2) is 31.0 Å². The molecule has 24 heavy (non-hydrogen) atoms. The third-order valence-electron chi connectivity index (χ3n) is 3.40. The van der Waals surface area contributed by atoms with E-state index in [9.17, 15) is 18.0 Å². The first-order valence-electron chi connectivity index (χ1n) is 7.74. The van der Waals surface area contributed by atoms with Gasteiger partial charge in [0.2, 0.25) is 5.91 Å². The summed E-state index contributed by atoms with van der Waals surface area (Å²) in [5.41, 5.74) is -0.428. The topological polar surface area (TPSA) is 65.5 Å². The first-order valence-corrected chi connectivity index (χ1v) is 7.74. The summed E-state index contributed by atoms with van der Waals surface area (Å²) in [6.07, 6.45) is 0. The molecule has 0 aliphatic heterocycles. The smallest absolute Gasteiger partial charge is 0.246 e. The van der Waals surface area contributed by atoms with Gasteiger partial charge in [-0.15, -0.1) is 0 Å². The first kappa shape index (κ1) is 19.8. The standard InChI is InChI=1S/C16H23F3N4O/c1-5-20-16(22-10(4)9(2)3)21-8-13(24)23-12-7-6-11(17)14(18)15(12)19/h6-7,9-10H,5,8H2,1-4H3,(H,23,24)(H2,20,21,22). The van der Waals surface area contributed by atoms with Gasteiger partial charge in [0.15, 0.2) is 23.4 Å². The van der Waals surface area contributed by atoms with Crippen molar-refractivity contribution in [1.82, 2.24) is 10.6 Å². The maximum atomic E-state index is 13.5. The van der Waals surface area contributed by atoms with Crippen LogP contribution in [0.1, 0.15) is 27.7 Å². The Morgan fingerprint density at radius 1 is 1.17 bits per heavy atom. The van der Waals surface area contributed by atoms with Crippen LogP contribution in [0.3, 0.4) is 0 Å². The fourth-order valence-corrected chi connectivity index (χ4v) is 1.67. The van der Waals surface area contributed by atoms with Crippen molar-refractivity contribution >= 4 is 17.6 Å². The number of hydrogen-bond acceptors (Lipinski definition) is 2. The van der Waals surface area contributed by atoms with E-state index < -0.39 is 29.0 Å². The monoisotopic (exact) mass is 344 g/mol. The summed E-state index contributed by atoms with van der Waals surface area (Å²) in [4.78, 5) is 15.9. The Balaban J connectivity index is 2.73. The molecule has 8 heteroatoms. The van der Waals surface area contributed by atoms with Gasteiger partial charge in [0.25, 0.3) is 0 Å². The highest BCUT2D eigenvalue weighted by atomic mass is 19.2. The van der Waals surface area contributed by atoms with E-state index >= 15 is 0 Å². The Labute approximate surface area is 139 Å². The van der Waals surface area contributed by atoms with Gasteiger partial charge in [0.05, 0.1) is 5.69 Å². The van der Waals surface area contributed by atoms with Gasteiger partial charge in [-0.25, -0.2) is 18.2 Å². The van der Waals surface area contributed by atoms with Gasteiger partial charge >= 0.3 is 0 Å². The summed E-state index contributed by atoms with van der Waals surface area (Å²) in [5.74, 6) is -4.22. The van der Waals surface area contributed by atoms with E-state index in [1.54, 1.807) is 0 Å². The Hall–Kier alpha value is -2.25. The summed E-state index contributed by atoms with van der Waals surface area (Å²) in [5, 5.41) is 8.30. The second-order valence-corrected chi connectivity index (χ2v) is 5.64. The number of anilines is 1. The summed E-state index contributed by atoms with van der Waals surface area (Å²) >= 11 is 0. The number of benzene rings is 1. The van der Waals surface area contributed by atoms with Gasteiger partial charge in [0, 0.05) is 12.6 Å². The number of guanidine groups is 1. The first-order chi connectivity index (χ1) is 11.3. The third-order valence-corrected chi connectivity index (χ3v) is 3.40. The largest absolute Gasteiger partial charge is 0.357 e. The van der Waals surface area contributed by atoms with Crippen molar-refractivity contribution in [1.29, 1.82) is 0 Å². The number of nitrogens with one attached hydrogen (secondary N) is 3. The van der Waals surface area contributed by atoms with Crippen molar-refractivity contribution in [3.8, 4) is 0 Å². The van der Waals surface area contributed by atoms with E-state index in [1.807, 2.05) is 27.7 Å². The summed E-state index contributed by atoms with van der Waals surface area (Å²) in [6, 6.07) is 1.84. The Morgan fingerprint density at radius 2 is 1.83 bits per heavy atom. The van der Waals surface area contributed by atoms with Crippen molar-refractivity contribution in [2.45, 2.75) is 33.7 Å². The van der Waals surface area contributed by atoms with Crippen LogP contribution >= 0.6 is 0 Å². The quantitative estimate of drug-likeness (QED) is 0.422. The van der Waals surface area contributed by atoms with E-state index in [-0.39, 0.29) is 12.6 Å². The molecule has 1 aromatic rings. The average molecular weight is 344 g/mol. The predicted octanol–water partition coefficient (Wildman–Crippen LogP) is 2.64. The summed E-state index contributed by atoms with van der Waals surface area (Å²) < 4.78 is 39.5. The lowest BCUT2D eigenvalue weighted by Crippen LogP contribution is -2.44. The maximum Gasteiger partial charge on any atom is 0.246 e. The number of rotatable bonds is 6. The number of aliphatic imine (C=N–C) groups is 1. The van der Waals surface area contributed by atoms with Gasteiger partial charge in [0.1, 0.15) is 6.54 Å². The van der Waals surface area contributed by atoms with E-state index in [0.717, 1.165) is 12.1 Å². The molecule has 0 bridgehead atoms. The number of amides is 1. The molecule has 1 aromatic carbocycles. The van der Waals surface area contributed by atoms with E-state index in [2.05, 4.69) is 20.9 Å². The molecule has 0 aromatic heterocycles. The number of halogens is 3.